The number of benzene rings is 1. The van der Waals surface area contributed by atoms with E-state index in [2.05, 4.69) is 46.5 Å². The van der Waals surface area contributed by atoms with E-state index in [1.165, 1.54) is 15.3 Å². The van der Waals surface area contributed by atoms with Crippen molar-refractivity contribution in [1.29, 1.82) is 0 Å². The molecule has 18 heavy (non-hydrogen) atoms. The Bertz CT molecular complexity index is 510. The lowest BCUT2D eigenvalue weighted by Gasteiger charge is -2.16. The van der Waals surface area contributed by atoms with Gasteiger partial charge in [0.15, 0.2) is 0 Å². The predicted molar refractivity (Wildman–Crippen MR) is 81.6 cm³/mol. The summed E-state index contributed by atoms with van der Waals surface area (Å²) in [5, 5.41) is 0. The van der Waals surface area contributed by atoms with Crippen LogP contribution in [0.4, 0.5) is 0 Å². The first kappa shape index (κ1) is 13.7. The van der Waals surface area contributed by atoms with Gasteiger partial charge in [-0.3, -0.25) is 11.3 Å². The molecule has 1 heterocycles. The van der Waals surface area contributed by atoms with Crippen molar-refractivity contribution in [3.63, 3.8) is 0 Å². The molecule has 1 unspecified atom stereocenters. The fraction of sp³-hybridized carbons (Fsp3) is 0.286. The number of nitrogens with one attached hydrogen (secondary N) is 1. The highest BCUT2D eigenvalue weighted by Gasteiger charge is 2.14. The molecular formula is C14H17BrN2S. The normalized spacial score (nSPS) is 12.6. The van der Waals surface area contributed by atoms with Crippen molar-refractivity contribution in [2.45, 2.75) is 25.8 Å². The van der Waals surface area contributed by atoms with Gasteiger partial charge in [-0.15, -0.1) is 11.3 Å². The van der Waals surface area contributed by atoms with Crippen LogP contribution in [0.5, 0.6) is 0 Å². The Kier molecular flexibility index (Phi) is 4.95. The number of halogens is 1. The highest BCUT2D eigenvalue weighted by atomic mass is 79.9. The minimum atomic E-state index is 0.143. The van der Waals surface area contributed by atoms with E-state index < -0.39 is 0 Å². The zero-order valence-corrected chi connectivity index (χ0v) is 12.7. The van der Waals surface area contributed by atoms with Crippen molar-refractivity contribution in [2.75, 3.05) is 0 Å². The van der Waals surface area contributed by atoms with E-state index in [-0.39, 0.29) is 6.04 Å². The van der Waals surface area contributed by atoms with Gasteiger partial charge in [-0.1, -0.05) is 41.1 Å². The van der Waals surface area contributed by atoms with Gasteiger partial charge in [0.1, 0.15) is 0 Å². The average molecular weight is 325 g/mol. The maximum absolute atomic E-state index is 5.69. The van der Waals surface area contributed by atoms with Gasteiger partial charge < -0.3 is 0 Å². The third kappa shape index (κ3) is 3.20. The smallest absolute Gasteiger partial charge is 0.0519 e. The first-order valence-electron chi connectivity index (χ1n) is 6.02. The molecule has 0 aliphatic heterocycles. The van der Waals surface area contributed by atoms with E-state index in [4.69, 9.17) is 5.84 Å². The monoisotopic (exact) mass is 324 g/mol. The van der Waals surface area contributed by atoms with Crippen molar-refractivity contribution >= 4 is 27.3 Å². The largest absolute Gasteiger partial charge is 0.271 e. The summed E-state index contributed by atoms with van der Waals surface area (Å²) in [6.45, 7) is 2.18. The number of nitrogens with two attached hydrogens (primary N) is 1. The van der Waals surface area contributed by atoms with Crippen LogP contribution in [-0.4, -0.2) is 0 Å². The van der Waals surface area contributed by atoms with Crippen LogP contribution in [0.1, 0.15) is 28.3 Å². The number of aryl methyl sites for hydroxylation is 1. The molecule has 1 aromatic carbocycles. The van der Waals surface area contributed by atoms with Gasteiger partial charge in [-0.2, -0.15) is 0 Å². The van der Waals surface area contributed by atoms with Crippen molar-refractivity contribution in [2.24, 2.45) is 5.84 Å². The molecule has 4 heteroatoms. The molecule has 0 saturated carbocycles. The molecule has 0 aliphatic carbocycles. The molecule has 2 rings (SSSR count). The van der Waals surface area contributed by atoms with E-state index >= 15 is 0 Å². The average Bonchev–Trinajstić information content (AvgIpc) is 2.85. The summed E-state index contributed by atoms with van der Waals surface area (Å²) in [7, 11) is 0. The number of rotatable bonds is 5. The van der Waals surface area contributed by atoms with E-state index in [1.54, 1.807) is 0 Å². The third-order valence-corrected chi connectivity index (χ3v) is 4.93. The molecule has 0 fully saturated rings. The van der Waals surface area contributed by atoms with Crippen LogP contribution in [0.2, 0.25) is 0 Å². The Balaban J connectivity index is 2.17. The summed E-state index contributed by atoms with van der Waals surface area (Å²) in [5.74, 6) is 5.69. The molecule has 0 aliphatic rings. The summed E-state index contributed by atoms with van der Waals surface area (Å²) < 4.78 is 1.10. The third-order valence-electron chi connectivity index (χ3n) is 2.95. The lowest BCUT2D eigenvalue weighted by Crippen LogP contribution is -2.29. The molecule has 3 N–H and O–H groups in total. The summed E-state index contributed by atoms with van der Waals surface area (Å²) in [5.41, 5.74) is 4.11. The summed E-state index contributed by atoms with van der Waals surface area (Å²) >= 11 is 5.44. The molecule has 96 valence electrons. The van der Waals surface area contributed by atoms with Crippen LogP contribution in [0.25, 0.3) is 0 Å². The molecule has 2 nitrogen and oxygen atoms in total. The van der Waals surface area contributed by atoms with Gasteiger partial charge in [-0.05, 0) is 30.2 Å². The summed E-state index contributed by atoms with van der Waals surface area (Å²) in [6, 6.07) is 12.7. The van der Waals surface area contributed by atoms with Crippen LogP contribution < -0.4 is 11.3 Å². The summed E-state index contributed by atoms with van der Waals surface area (Å²) in [4.78, 5) is 2.79. The highest BCUT2D eigenvalue weighted by Crippen LogP contribution is 2.28. The molecular weight excluding hydrogens is 308 g/mol. The Morgan fingerprint density at radius 3 is 2.56 bits per heavy atom. The van der Waals surface area contributed by atoms with Crippen LogP contribution in [0.3, 0.4) is 0 Å². The minimum absolute atomic E-state index is 0.143. The molecule has 0 saturated heterocycles. The number of thiophene rings is 1. The van der Waals surface area contributed by atoms with Gasteiger partial charge in [0, 0.05) is 20.6 Å². The summed E-state index contributed by atoms with van der Waals surface area (Å²) in [6.07, 6.45) is 2.02. The lowest BCUT2D eigenvalue weighted by atomic mass is 10.0. The second-order valence-electron chi connectivity index (χ2n) is 4.17. The minimum Gasteiger partial charge on any atom is -0.271 e. The van der Waals surface area contributed by atoms with E-state index in [9.17, 15) is 0 Å². The molecule has 0 radical (unpaired) electrons. The van der Waals surface area contributed by atoms with Gasteiger partial charge >= 0.3 is 0 Å². The maximum atomic E-state index is 5.69. The molecule has 1 atom stereocenters. The van der Waals surface area contributed by atoms with Gasteiger partial charge in [0.2, 0.25) is 0 Å². The molecule has 0 bridgehead atoms. The fourth-order valence-corrected chi connectivity index (χ4v) is 3.50. The predicted octanol–water partition coefficient (Wildman–Crippen LogP) is 3.82. The van der Waals surface area contributed by atoms with Crippen molar-refractivity contribution in [1.82, 2.24) is 5.43 Å². The molecule has 0 spiro atoms. The van der Waals surface area contributed by atoms with Crippen molar-refractivity contribution in [3.05, 3.63) is 56.2 Å². The second kappa shape index (κ2) is 6.48. The number of hydrogen-bond acceptors (Lipinski definition) is 3. The Hall–Kier alpha value is -0.680. The Morgan fingerprint density at radius 2 is 1.94 bits per heavy atom. The van der Waals surface area contributed by atoms with Crippen LogP contribution in [0.15, 0.2) is 40.9 Å². The zero-order chi connectivity index (χ0) is 13.0. The van der Waals surface area contributed by atoms with E-state index in [1.807, 2.05) is 29.5 Å². The van der Waals surface area contributed by atoms with Crippen molar-refractivity contribution in [3.8, 4) is 0 Å². The second-order valence-corrected chi connectivity index (χ2v) is 6.27. The van der Waals surface area contributed by atoms with Gasteiger partial charge in [0.05, 0.1) is 6.04 Å². The lowest BCUT2D eigenvalue weighted by molar-refractivity contribution is 0.553. The SMILES string of the molecule is CCc1ccc(CC(NN)c2ccccc2Br)s1. The highest BCUT2D eigenvalue weighted by molar-refractivity contribution is 9.10. The van der Waals surface area contributed by atoms with Gasteiger partial charge in [-0.25, -0.2) is 0 Å². The molecule has 1 aromatic heterocycles. The van der Waals surface area contributed by atoms with Crippen LogP contribution in [-0.2, 0) is 12.8 Å². The Morgan fingerprint density at radius 1 is 1.22 bits per heavy atom. The topological polar surface area (TPSA) is 38.0 Å². The number of hydrogen-bond donors (Lipinski definition) is 2. The maximum Gasteiger partial charge on any atom is 0.0519 e. The standard InChI is InChI=1S/C14H17BrN2S/c1-2-10-7-8-11(18-10)9-14(17-16)12-5-3-4-6-13(12)15/h3-8,14,17H,2,9,16H2,1H3. The van der Waals surface area contributed by atoms with E-state index in [0.717, 1.165) is 17.3 Å². The van der Waals surface area contributed by atoms with Crippen LogP contribution in [0, 0.1) is 0 Å². The van der Waals surface area contributed by atoms with Crippen LogP contribution >= 0.6 is 27.3 Å². The van der Waals surface area contributed by atoms with E-state index in [0.29, 0.717) is 0 Å². The van der Waals surface area contributed by atoms with Crippen molar-refractivity contribution < 1.29 is 0 Å². The molecule has 0 amide bonds. The Labute approximate surface area is 120 Å². The molecule has 2 aromatic rings. The first-order chi connectivity index (χ1) is 8.74. The van der Waals surface area contributed by atoms with Gasteiger partial charge in [0.25, 0.3) is 0 Å². The first-order valence-corrected chi connectivity index (χ1v) is 7.63. The quantitative estimate of drug-likeness (QED) is 0.648. The zero-order valence-electron chi connectivity index (χ0n) is 10.3. The number of hydrazine groups is 1. The fourth-order valence-electron chi connectivity index (χ4n) is 1.94.